The van der Waals surface area contributed by atoms with Crippen LogP contribution in [0.1, 0.15) is 20.3 Å². The van der Waals surface area contributed by atoms with Crippen LogP contribution in [0, 0.1) is 10.1 Å². The van der Waals surface area contributed by atoms with Gasteiger partial charge in [-0.1, -0.05) is 13.8 Å². The largest absolute Gasteiger partial charge is 0.468 e. The van der Waals surface area contributed by atoms with E-state index in [9.17, 15) is 14.9 Å². The monoisotopic (exact) mass is 312 g/mol. The molecule has 0 aliphatic carbocycles. The molecule has 1 rings (SSSR count). The van der Waals surface area contributed by atoms with Crippen LogP contribution in [-0.4, -0.2) is 35.8 Å². The lowest BCUT2D eigenvalue weighted by Crippen LogP contribution is -2.41. The van der Waals surface area contributed by atoms with Crippen LogP contribution >= 0.6 is 11.8 Å². The molecule has 1 aromatic rings. The van der Waals surface area contributed by atoms with Gasteiger partial charge in [-0.15, -0.1) is 11.8 Å². The summed E-state index contributed by atoms with van der Waals surface area (Å²) in [6.07, 6.45) is 0.631. The van der Waals surface area contributed by atoms with Crippen LogP contribution in [0.25, 0.3) is 0 Å². The van der Waals surface area contributed by atoms with E-state index in [0.717, 1.165) is 10.6 Å². The number of hydrogen-bond acceptors (Lipinski definition) is 6. The smallest absolute Gasteiger partial charge is 0.322 e. The number of hydrogen-bond donors (Lipinski definition) is 1. The van der Waals surface area contributed by atoms with E-state index >= 15 is 0 Å². The Morgan fingerprint density at radius 2 is 2.00 bits per heavy atom. The van der Waals surface area contributed by atoms with Crippen molar-refractivity contribution >= 4 is 23.4 Å². The molecule has 0 heterocycles. The zero-order valence-electron chi connectivity index (χ0n) is 12.4. The van der Waals surface area contributed by atoms with E-state index in [-0.39, 0.29) is 23.7 Å². The number of thioether (sulfide) groups is 1. The van der Waals surface area contributed by atoms with Crippen LogP contribution < -0.4 is 5.32 Å². The quantitative estimate of drug-likeness (QED) is 0.344. The van der Waals surface area contributed by atoms with Crippen molar-refractivity contribution in [3.05, 3.63) is 34.4 Å². The van der Waals surface area contributed by atoms with Crippen molar-refractivity contribution in [2.45, 2.75) is 37.2 Å². The summed E-state index contributed by atoms with van der Waals surface area (Å²) in [5.74, 6) is 0.449. The third-order valence-corrected chi connectivity index (χ3v) is 3.79. The molecule has 0 aromatic heterocycles. The number of benzene rings is 1. The SMILES string of the molecule is COC(=O)C(CCSc1ccc([N+](=O)[O-])cc1)NC(C)C. The summed E-state index contributed by atoms with van der Waals surface area (Å²) < 4.78 is 4.77. The number of esters is 1. The standard InChI is InChI=1S/C14H20N2O4S/c1-10(2)15-13(14(17)20-3)8-9-21-12-6-4-11(5-7-12)16(18)19/h4-7,10,13,15H,8-9H2,1-3H3. The molecule has 0 radical (unpaired) electrons. The Morgan fingerprint density at radius 1 is 1.38 bits per heavy atom. The summed E-state index contributed by atoms with van der Waals surface area (Å²) >= 11 is 1.55. The minimum absolute atomic E-state index is 0.0771. The predicted molar refractivity (Wildman–Crippen MR) is 82.5 cm³/mol. The maximum Gasteiger partial charge on any atom is 0.322 e. The van der Waals surface area contributed by atoms with Gasteiger partial charge in [0.1, 0.15) is 6.04 Å². The van der Waals surface area contributed by atoms with Crippen LogP contribution in [0.3, 0.4) is 0 Å². The normalized spacial score (nSPS) is 12.2. The first-order chi connectivity index (χ1) is 9.93. The Hall–Kier alpha value is -1.60. The maximum atomic E-state index is 11.6. The molecular weight excluding hydrogens is 292 g/mol. The van der Waals surface area contributed by atoms with E-state index in [0.29, 0.717) is 6.42 Å². The van der Waals surface area contributed by atoms with Gasteiger partial charge in [-0.3, -0.25) is 14.9 Å². The highest BCUT2D eigenvalue weighted by Crippen LogP contribution is 2.22. The second-order valence-electron chi connectivity index (χ2n) is 4.79. The van der Waals surface area contributed by atoms with E-state index < -0.39 is 4.92 Å². The third kappa shape index (κ3) is 6.14. The lowest BCUT2D eigenvalue weighted by molar-refractivity contribution is -0.384. The van der Waals surface area contributed by atoms with E-state index in [1.165, 1.54) is 19.2 Å². The zero-order valence-corrected chi connectivity index (χ0v) is 13.2. The number of nitro groups is 1. The first kappa shape index (κ1) is 17.5. The minimum atomic E-state index is -0.422. The highest BCUT2D eigenvalue weighted by atomic mass is 32.2. The Kier molecular flexibility index (Phi) is 7.18. The minimum Gasteiger partial charge on any atom is -0.468 e. The van der Waals surface area contributed by atoms with Crippen LogP contribution in [0.4, 0.5) is 5.69 Å². The first-order valence-electron chi connectivity index (χ1n) is 6.65. The Balaban J connectivity index is 2.49. The van der Waals surface area contributed by atoms with Crippen molar-refractivity contribution in [2.24, 2.45) is 0 Å². The second-order valence-corrected chi connectivity index (χ2v) is 5.95. The molecule has 0 aliphatic rings. The first-order valence-corrected chi connectivity index (χ1v) is 7.63. The fourth-order valence-corrected chi connectivity index (χ4v) is 2.69. The van der Waals surface area contributed by atoms with E-state index in [1.807, 2.05) is 13.8 Å². The third-order valence-electron chi connectivity index (χ3n) is 2.74. The van der Waals surface area contributed by atoms with Crippen LogP contribution in [0.5, 0.6) is 0 Å². The van der Waals surface area contributed by atoms with Crippen molar-refractivity contribution in [1.82, 2.24) is 5.32 Å². The molecule has 21 heavy (non-hydrogen) atoms. The number of nitro benzene ring substituents is 1. The number of rotatable bonds is 8. The van der Waals surface area contributed by atoms with Gasteiger partial charge in [0.25, 0.3) is 5.69 Å². The summed E-state index contributed by atoms with van der Waals surface area (Å²) in [4.78, 5) is 22.7. The van der Waals surface area contributed by atoms with Crippen LogP contribution in [0.2, 0.25) is 0 Å². The molecule has 1 N–H and O–H groups in total. The van der Waals surface area contributed by atoms with E-state index in [2.05, 4.69) is 5.32 Å². The molecule has 6 nitrogen and oxygen atoms in total. The average Bonchev–Trinajstić information content (AvgIpc) is 2.45. The zero-order chi connectivity index (χ0) is 15.8. The maximum absolute atomic E-state index is 11.6. The van der Waals surface area contributed by atoms with E-state index in [1.54, 1.807) is 23.9 Å². The lowest BCUT2D eigenvalue weighted by Gasteiger charge is -2.18. The highest BCUT2D eigenvalue weighted by molar-refractivity contribution is 7.99. The van der Waals surface area contributed by atoms with Gasteiger partial charge >= 0.3 is 5.97 Å². The molecular formula is C14H20N2O4S. The van der Waals surface area contributed by atoms with Gasteiger partial charge in [-0.2, -0.15) is 0 Å². The summed E-state index contributed by atoms with van der Waals surface area (Å²) in [7, 11) is 1.38. The van der Waals surface area contributed by atoms with Crippen molar-refractivity contribution in [1.29, 1.82) is 0 Å². The molecule has 116 valence electrons. The fourth-order valence-electron chi connectivity index (χ4n) is 1.77. The molecule has 0 amide bonds. The van der Waals surface area contributed by atoms with Crippen molar-refractivity contribution in [2.75, 3.05) is 12.9 Å². The molecule has 0 spiro atoms. The van der Waals surface area contributed by atoms with Crippen molar-refractivity contribution < 1.29 is 14.5 Å². The molecule has 0 aliphatic heterocycles. The van der Waals surface area contributed by atoms with Gasteiger partial charge in [-0.25, -0.2) is 0 Å². The number of non-ortho nitro benzene ring substituents is 1. The lowest BCUT2D eigenvalue weighted by atomic mass is 10.2. The molecule has 0 fully saturated rings. The molecule has 0 bridgehead atoms. The topological polar surface area (TPSA) is 81.5 Å². The van der Waals surface area contributed by atoms with Gasteiger partial charge in [0.2, 0.25) is 0 Å². The Labute approximate surface area is 128 Å². The van der Waals surface area contributed by atoms with Gasteiger partial charge < -0.3 is 10.1 Å². The summed E-state index contributed by atoms with van der Waals surface area (Å²) in [5, 5.41) is 13.7. The summed E-state index contributed by atoms with van der Waals surface area (Å²) in [6, 6.07) is 6.25. The molecule has 1 aromatic carbocycles. The van der Waals surface area contributed by atoms with Crippen molar-refractivity contribution in [3.8, 4) is 0 Å². The molecule has 1 unspecified atom stereocenters. The predicted octanol–water partition coefficient (Wildman–Crippen LogP) is 2.62. The number of nitrogens with zero attached hydrogens (tertiary/aromatic N) is 1. The van der Waals surface area contributed by atoms with E-state index in [4.69, 9.17) is 4.74 Å². The Bertz CT molecular complexity index is 476. The van der Waals surface area contributed by atoms with Crippen LogP contribution in [0.15, 0.2) is 29.2 Å². The summed E-state index contributed by atoms with van der Waals surface area (Å²) in [6.45, 7) is 3.94. The number of carbonyl (C=O) groups excluding carboxylic acids is 1. The molecule has 0 saturated heterocycles. The van der Waals surface area contributed by atoms with Gasteiger partial charge in [0, 0.05) is 28.8 Å². The van der Waals surface area contributed by atoms with Gasteiger partial charge in [0.15, 0.2) is 0 Å². The summed E-state index contributed by atoms with van der Waals surface area (Å²) in [5.41, 5.74) is 0.0771. The number of carbonyl (C=O) groups is 1. The van der Waals surface area contributed by atoms with Gasteiger partial charge in [-0.05, 0) is 18.6 Å². The second kappa shape index (κ2) is 8.63. The number of methoxy groups -OCH3 is 1. The van der Waals surface area contributed by atoms with Gasteiger partial charge in [0.05, 0.1) is 12.0 Å². The fraction of sp³-hybridized carbons (Fsp3) is 0.500. The number of nitrogens with one attached hydrogen (secondary N) is 1. The molecule has 1 atom stereocenters. The highest BCUT2D eigenvalue weighted by Gasteiger charge is 2.19. The number of ether oxygens (including phenoxy) is 1. The average molecular weight is 312 g/mol. The Morgan fingerprint density at radius 3 is 2.48 bits per heavy atom. The van der Waals surface area contributed by atoms with Crippen LogP contribution in [-0.2, 0) is 9.53 Å². The molecule has 0 saturated carbocycles. The van der Waals surface area contributed by atoms with Crippen molar-refractivity contribution in [3.63, 3.8) is 0 Å². The molecule has 7 heteroatoms.